The SMILES string of the molecule is Cc1cc(C)c(S(=O)(=O)O[n+]2ccccc2)c(C)c1. The van der Waals surface area contributed by atoms with E-state index in [0.717, 1.165) is 5.56 Å². The van der Waals surface area contributed by atoms with Gasteiger partial charge in [0.1, 0.15) is 4.90 Å². The molecule has 5 heteroatoms. The molecule has 0 N–H and O–H groups in total. The van der Waals surface area contributed by atoms with E-state index in [1.165, 1.54) is 17.1 Å². The molecule has 0 fully saturated rings. The summed E-state index contributed by atoms with van der Waals surface area (Å²) in [5, 5.41) is 0. The highest BCUT2D eigenvalue weighted by atomic mass is 32.2. The minimum atomic E-state index is -3.83. The molecule has 1 aromatic heterocycles. The van der Waals surface area contributed by atoms with Gasteiger partial charge in [-0.05, 0) is 31.9 Å². The monoisotopic (exact) mass is 278 g/mol. The van der Waals surface area contributed by atoms with Crippen LogP contribution in [-0.4, -0.2) is 8.42 Å². The van der Waals surface area contributed by atoms with Crippen LogP contribution in [0.1, 0.15) is 16.7 Å². The Morgan fingerprint density at radius 2 is 1.47 bits per heavy atom. The molecule has 0 aliphatic carbocycles. The van der Waals surface area contributed by atoms with Crippen molar-refractivity contribution in [2.75, 3.05) is 0 Å². The Hall–Kier alpha value is -1.88. The largest absolute Gasteiger partial charge is 0.396 e. The molecule has 0 aliphatic heterocycles. The number of nitrogens with zero attached hydrogens (tertiary/aromatic N) is 1. The van der Waals surface area contributed by atoms with Crippen LogP contribution < -0.4 is 9.01 Å². The van der Waals surface area contributed by atoms with Crippen LogP contribution in [0.2, 0.25) is 0 Å². The van der Waals surface area contributed by atoms with Crippen molar-refractivity contribution >= 4 is 10.1 Å². The average Bonchev–Trinajstić information content (AvgIpc) is 2.27. The molecule has 0 spiro atoms. The van der Waals surface area contributed by atoms with Crippen molar-refractivity contribution in [3.8, 4) is 0 Å². The van der Waals surface area contributed by atoms with Crippen molar-refractivity contribution in [2.45, 2.75) is 25.7 Å². The van der Waals surface area contributed by atoms with E-state index in [0.29, 0.717) is 11.1 Å². The van der Waals surface area contributed by atoms with Crippen molar-refractivity contribution in [2.24, 2.45) is 0 Å². The third-order valence-corrected chi connectivity index (χ3v) is 4.24. The summed E-state index contributed by atoms with van der Waals surface area (Å²) in [5.41, 5.74) is 2.41. The van der Waals surface area contributed by atoms with Crippen LogP contribution in [0.25, 0.3) is 0 Å². The van der Waals surface area contributed by atoms with Gasteiger partial charge in [0.2, 0.25) is 12.4 Å². The number of benzene rings is 1. The van der Waals surface area contributed by atoms with Crippen LogP contribution in [0.15, 0.2) is 47.6 Å². The van der Waals surface area contributed by atoms with Crippen molar-refractivity contribution in [3.63, 3.8) is 0 Å². The van der Waals surface area contributed by atoms with E-state index < -0.39 is 10.1 Å². The van der Waals surface area contributed by atoms with Gasteiger partial charge in [-0.1, -0.05) is 23.8 Å². The maximum atomic E-state index is 12.3. The van der Waals surface area contributed by atoms with Crippen LogP contribution in [0.5, 0.6) is 0 Å². The molecule has 0 atom stereocenters. The fourth-order valence-corrected chi connectivity index (χ4v) is 3.45. The van der Waals surface area contributed by atoms with Crippen LogP contribution in [0, 0.1) is 20.8 Å². The van der Waals surface area contributed by atoms with Gasteiger partial charge < -0.3 is 0 Å². The zero-order valence-corrected chi connectivity index (χ0v) is 11.9. The normalized spacial score (nSPS) is 11.3. The zero-order chi connectivity index (χ0) is 14.0. The fourth-order valence-electron chi connectivity index (χ4n) is 2.14. The lowest BCUT2D eigenvalue weighted by Gasteiger charge is -2.08. The summed E-state index contributed by atoms with van der Waals surface area (Å²) in [6.07, 6.45) is 3.08. The Morgan fingerprint density at radius 1 is 0.947 bits per heavy atom. The first-order valence-corrected chi connectivity index (χ1v) is 7.30. The first-order valence-electron chi connectivity index (χ1n) is 5.89. The van der Waals surface area contributed by atoms with E-state index in [4.69, 9.17) is 4.28 Å². The minimum absolute atomic E-state index is 0.231. The Kier molecular flexibility index (Phi) is 3.57. The molecule has 2 aromatic rings. The van der Waals surface area contributed by atoms with Crippen LogP contribution in [0.4, 0.5) is 0 Å². The fraction of sp³-hybridized carbons (Fsp3) is 0.214. The molecule has 0 saturated carbocycles. The second-order valence-electron chi connectivity index (χ2n) is 4.49. The number of aryl methyl sites for hydroxylation is 3. The quantitative estimate of drug-likeness (QED) is 0.803. The van der Waals surface area contributed by atoms with Gasteiger partial charge in [0.25, 0.3) is 0 Å². The minimum Gasteiger partial charge on any atom is -0.176 e. The summed E-state index contributed by atoms with van der Waals surface area (Å²) in [5.74, 6) is 0. The van der Waals surface area contributed by atoms with Crippen molar-refractivity contribution in [1.29, 1.82) is 0 Å². The van der Waals surface area contributed by atoms with Gasteiger partial charge in [-0.3, -0.25) is 0 Å². The number of aromatic nitrogens is 1. The highest BCUT2D eigenvalue weighted by molar-refractivity contribution is 7.87. The summed E-state index contributed by atoms with van der Waals surface area (Å²) < 4.78 is 30.9. The summed E-state index contributed by atoms with van der Waals surface area (Å²) in [6.45, 7) is 5.47. The maximum Gasteiger partial charge on any atom is 0.396 e. The Balaban J connectivity index is 2.46. The number of pyridine rings is 1. The summed E-state index contributed by atoms with van der Waals surface area (Å²) >= 11 is 0. The molecular formula is C14H16NO3S+. The van der Waals surface area contributed by atoms with E-state index in [-0.39, 0.29) is 4.90 Å². The van der Waals surface area contributed by atoms with E-state index in [2.05, 4.69) is 0 Å². The van der Waals surface area contributed by atoms with E-state index in [1.807, 2.05) is 19.1 Å². The van der Waals surface area contributed by atoms with Gasteiger partial charge in [0, 0.05) is 16.9 Å². The predicted octanol–water partition coefficient (Wildman–Crippen LogP) is 1.72. The summed E-state index contributed by atoms with van der Waals surface area (Å²) in [4.78, 5) is 0.231. The molecule has 0 bridgehead atoms. The molecule has 1 heterocycles. The van der Waals surface area contributed by atoms with Gasteiger partial charge in [0.05, 0.1) is 0 Å². The third kappa shape index (κ3) is 2.93. The number of hydrogen-bond acceptors (Lipinski definition) is 3. The molecule has 100 valence electrons. The first kappa shape index (κ1) is 13.5. The van der Waals surface area contributed by atoms with E-state index in [1.54, 1.807) is 32.0 Å². The second kappa shape index (κ2) is 5.01. The van der Waals surface area contributed by atoms with Crippen LogP contribution in [-0.2, 0) is 10.1 Å². The van der Waals surface area contributed by atoms with Gasteiger partial charge in [-0.25, -0.2) is 0 Å². The molecule has 0 amide bonds. The van der Waals surface area contributed by atoms with Crippen molar-refractivity contribution < 1.29 is 17.4 Å². The average molecular weight is 278 g/mol. The first-order chi connectivity index (χ1) is 8.90. The predicted molar refractivity (Wildman–Crippen MR) is 71.1 cm³/mol. The Labute approximate surface area is 113 Å². The lowest BCUT2D eigenvalue weighted by molar-refractivity contribution is -0.856. The molecule has 0 aliphatic rings. The smallest absolute Gasteiger partial charge is 0.176 e. The van der Waals surface area contributed by atoms with E-state index in [9.17, 15) is 8.42 Å². The lowest BCUT2D eigenvalue weighted by Crippen LogP contribution is -2.45. The van der Waals surface area contributed by atoms with Gasteiger partial charge in [-0.2, -0.15) is 8.42 Å². The maximum absolute atomic E-state index is 12.3. The molecule has 19 heavy (non-hydrogen) atoms. The number of hydrogen-bond donors (Lipinski definition) is 0. The molecule has 1 aromatic carbocycles. The lowest BCUT2D eigenvalue weighted by atomic mass is 10.1. The molecule has 4 nitrogen and oxygen atoms in total. The molecule has 0 unspecified atom stereocenters. The van der Waals surface area contributed by atoms with Crippen LogP contribution in [0.3, 0.4) is 0 Å². The molecule has 2 rings (SSSR count). The summed E-state index contributed by atoms with van der Waals surface area (Å²) in [6, 6.07) is 8.85. The number of rotatable bonds is 3. The zero-order valence-electron chi connectivity index (χ0n) is 11.1. The Bertz CT molecular complexity index is 671. The standard InChI is InChI=1S/C14H16NO3S/c1-11-9-12(2)14(13(3)10-11)19(16,17)18-15-7-5-4-6-8-15/h4-10H,1-3H3/q+1. The van der Waals surface area contributed by atoms with Crippen LogP contribution >= 0.6 is 0 Å². The second-order valence-corrected chi connectivity index (χ2v) is 5.96. The highest BCUT2D eigenvalue weighted by Gasteiger charge is 2.26. The van der Waals surface area contributed by atoms with Crippen molar-refractivity contribution in [3.05, 3.63) is 59.4 Å². The topological polar surface area (TPSA) is 47.3 Å². The van der Waals surface area contributed by atoms with Crippen molar-refractivity contribution in [1.82, 2.24) is 0 Å². The molecular weight excluding hydrogens is 262 g/mol. The third-order valence-electron chi connectivity index (χ3n) is 2.73. The van der Waals surface area contributed by atoms with Gasteiger partial charge >= 0.3 is 10.1 Å². The van der Waals surface area contributed by atoms with Gasteiger partial charge in [0.15, 0.2) is 0 Å². The highest BCUT2D eigenvalue weighted by Crippen LogP contribution is 2.21. The van der Waals surface area contributed by atoms with Gasteiger partial charge in [-0.15, -0.1) is 4.28 Å². The van der Waals surface area contributed by atoms with E-state index >= 15 is 0 Å². The summed E-state index contributed by atoms with van der Waals surface area (Å²) in [7, 11) is -3.83. The Morgan fingerprint density at radius 3 is 2.00 bits per heavy atom. The molecule has 0 radical (unpaired) electrons. The molecule has 0 saturated heterocycles.